The summed E-state index contributed by atoms with van der Waals surface area (Å²) >= 11 is 0. The van der Waals surface area contributed by atoms with Gasteiger partial charge in [-0.25, -0.2) is 0 Å². The summed E-state index contributed by atoms with van der Waals surface area (Å²) in [5.41, 5.74) is -0.567. The zero-order valence-electron chi connectivity index (χ0n) is 18.0. The Labute approximate surface area is 174 Å². The molecule has 166 valence electrons. The van der Waals surface area contributed by atoms with Crippen molar-refractivity contribution < 1.29 is 29.2 Å². The minimum atomic E-state index is -0.713. The number of aliphatic hydroxyl groups is 1. The Bertz CT molecular complexity index is 596. The van der Waals surface area contributed by atoms with Crippen LogP contribution in [0.4, 0.5) is 0 Å². The zero-order chi connectivity index (χ0) is 20.6. The zero-order valence-corrected chi connectivity index (χ0v) is 18.0. The van der Waals surface area contributed by atoms with Crippen molar-refractivity contribution in [1.29, 1.82) is 0 Å². The first-order chi connectivity index (χ1) is 14.0. The van der Waals surface area contributed by atoms with E-state index in [-0.39, 0.29) is 30.0 Å². The minimum Gasteiger partial charge on any atom is -0.481 e. The number of hydrogen-bond acceptors (Lipinski definition) is 5. The fraction of sp³-hybridized carbons (Fsp3) is 0.957. The third kappa shape index (κ3) is 3.26. The van der Waals surface area contributed by atoms with E-state index in [4.69, 9.17) is 14.2 Å². The van der Waals surface area contributed by atoms with Crippen LogP contribution < -0.4 is 0 Å². The average molecular weight is 411 g/mol. The van der Waals surface area contributed by atoms with Crippen molar-refractivity contribution in [3.05, 3.63) is 0 Å². The van der Waals surface area contributed by atoms with Gasteiger partial charge >= 0.3 is 5.97 Å². The lowest BCUT2D eigenvalue weighted by Crippen LogP contribution is -2.59. The molecule has 0 aromatic rings. The maximum Gasteiger partial charge on any atom is 0.310 e. The molecule has 0 aromatic heterocycles. The molecule has 29 heavy (non-hydrogen) atoms. The second-order valence-corrected chi connectivity index (χ2v) is 10.1. The Hall–Kier alpha value is -0.690. The number of fused-ring (bicyclic) bond motifs is 5. The van der Waals surface area contributed by atoms with Gasteiger partial charge in [-0.1, -0.05) is 0 Å². The number of hydrogen-bond donors (Lipinski definition) is 2. The molecular formula is C23H38O6. The molecule has 0 aromatic carbocycles. The van der Waals surface area contributed by atoms with Crippen molar-refractivity contribution in [3.8, 4) is 0 Å². The monoisotopic (exact) mass is 410 g/mol. The maximum atomic E-state index is 12.5. The van der Waals surface area contributed by atoms with Crippen LogP contribution in [0.3, 0.4) is 0 Å². The van der Waals surface area contributed by atoms with Crippen molar-refractivity contribution in [2.75, 3.05) is 34.2 Å². The quantitative estimate of drug-likeness (QED) is 0.627. The second kappa shape index (κ2) is 8.45. The van der Waals surface area contributed by atoms with Gasteiger partial charge in [-0.05, 0) is 92.8 Å². The van der Waals surface area contributed by atoms with E-state index in [9.17, 15) is 15.0 Å². The summed E-state index contributed by atoms with van der Waals surface area (Å²) in [6.07, 6.45) is 9.14. The van der Waals surface area contributed by atoms with Gasteiger partial charge in [0.25, 0.3) is 0 Å². The van der Waals surface area contributed by atoms with Gasteiger partial charge in [-0.3, -0.25) is 4.79 Å². The first-order valence-corrected chi connectivity index (χ1v) is 11.5. The van der Waals surface area contributed by atoms with Gasteiger partial charge < -0.3 is 24.4 Å². The Morgan fingerprint density at radius 3 is 2.52 bits per heavy atom. The highest BCUT2D eigenvalue weighted by Gasteiger charge is 2.65. The molecule has 4 aliphatic carbocycles. The van der Waals surface area contributed by atoms with E-state index in [1.807, 2.05) is 7.11 Å². The summed E-state index contributed by atoms with van der Waals surface area (Å²) in [6, 6.07) is 0. The number of carboxylic acid groups (broad SMARTS) is 1. The number of ether oxygens (including phenoxy) is 3. The number of methoxy groups -OCH3 is 2. The van der Waals surface area contributed by atoms with Crippen LogP contribution in [0.25, 0.3) is 0 Å². The largest absolute Gasteiger partial charge is 0.481 e. The summed E-state index contributed by atoms with van der Waals surface area (Å²) in [5, 5.41) is 20.2. The summed E-state index contributed by atoms with van der Waals surface area (Å²) in [4.78, 5) is 12.5. The Morgan fingerprint density at radius 1 is 1.00 bits per heavy atom. The van der Waals surface area contributed by atoms with Crippen LogP contribution in [-0.4, -0.2) is 56.5 Å². The minimum absolute atomic E-state index is 0.00451. The average Bonchev–Trinajstić information content (AvgIpc) is 3.12. The lowest BCUT2D eigenvalue weighted by Gasteiger charge is -2.61. The number of aliphatic hydroxyl groups excluding tert-OH is 1. The molecule has 4 saturated carbocycles. The topological polar surface area (TPSA) is 85.2 Å². The van der Waals surface area contributed by atoms with E-state index in [0.717, 1.165) is 58.0 Å². The van der Waals surface area contributed by atoms with Crippen LogP contribution in [0.2, 0.25) is 0 Å². The van der Waals surface area contributed by atoms with Crippen LogP contribution >= 0.6 is 0 Å². The normalized spacial score (nSPS) is 46.6. The van der Waals surface area contributed by atoms with Gasteiger partial charge in [0.05, 0.1) is 18.1 Å². The molecule has 0 bridgehead atoms. The molecule has 0 radical (unpaired) electrons. The highest BCUT2D eigenvalue weighted by Crippen LogP contribution is 2.67. The predicted octanol–water partition coefficient (Wildman–Crippen LogP) is 3.32. The Balaban J connectivity index is 1.60. The molecule has 3 unspecified atom stereocenters. The Morgan fingerprint density at radius 2 is 1.83 bits per heavy atom. The molecule has 8 atom stereocenters. The molecule has 4 aliphatic rings. The first kappa shape index (κ1) is 21.5. The van der Waals surface area contributed by atoms with Gasteiger partial charge in [0, 0.05) is 20.8 Å². The van der Waals surface area contributed by atoms with E-state index < -0.39 is 11.4 Å². The molecule has 0 aliphatic heterocycles. The molecule has 0 heterocycles. The highest BCUT2D eigenvalue weighted by atomic mass is 16.7. The molecule has 0 amide bonds. The molecule has 0 spiro atoms. The summed E-state index contributed by atoms with van der Waals surface area (Å²) in [6.45, 7) is 1.13. The fourth-order valence-electron chi connectivity index (χ4n) is 8.36. The third-order valence-electron chi connectivity index (χ3n) is 9.45. The van der Waals surface area contributed by atoms with E-state index >= 15 is 0 Å². The lowest BCUT2D eigenvalue weighted by molar-refractivity contribution is -0.189. The summed E-state index contributed by atoms with van der Waals surface area (Å²) < 4.78 is 16.8. The van der Waals surface area contributed by atoms with Gasteiger partial charge in [0.2, 0.25) is 0 Å². The van der Waals surface area contributed by atoms with Gasteiger partial charge in [-0.2, -0.15) is 0 Å². The van der Waals surface area contributed by atoms with Crippen LogP contribution in [0.15, 0.2) is 0 Å². The third-order valence-corrected chi connectivity index (χ3v) is 9.45. The van der Waals surface area contributed by atoms with E-state index in [0.29, 0.717) is 31.0 Å². The van der Waals surface area contributed by atoms with Gasteiger partial charge in [0.15, 0.2) is 0 Å². The van der Waals surface area contributed by atoms with Crippen molar-refractivity contribution in [2.45, 2.75) is 63.9 Å². The number of aliphatic carboxylic acids is 1. The fourth-order valence-corrected chi connectivity index (χ4v) is 8.36. The second-order valence-electron chi connectivity index (χ2n) is 10.1. The lowest BCUT2D eigenvalue weighted by atomic mass is 9.44. The first-order valence-electron chi connectivity index (χ1n) is 11.5. The molecule has 2 N–H and O–H groups in total. The smallest absolute Gasteiger partial charge is 0.310 e. The highest BCUT2D eigenvalue weighted by molar-refractivity contribution is 5.76. The Kier molecular flexibility index (Phi) is 6.27. The van der Waals surface area contributed by atoms with E-state index in [2.05, 4.69) is 0 Å². The van der Waals surface area contributed by atoms with Crippen LogP contribution in [-0.2, 0) is 19.0 Å². The number of carbonyl (C=O) groups is 1. The predicted molar refractivity (Wildman–Crippen MR) is 107 cm³/mol. The molecule has 6 nitrogen and oxygen atoms in total. The van der Waals surface area contributed by atoms with E-state index in [1.165, 1.54) is 0 Å². The SMILES string of the molecule is COCOC1CC[C@@]2(COC)C(CC[C@@H]3[C@H]2CC[C@@]2(C(=O)O)C(CO)CC[C@@H]32)C1. The molecule has 6 heteroatoms. The molecule has 4 rings (SSSR count). The van der Waals surface area contributed by atoms with E-state index in [1.54, 1.807) is 7.11 Å². The van der Waals surface area contributed by atoms with Crippen LogP contribution in [0, 0.1) is 40.4 Å². The van der Waals surface area contributed by atoms with Crippen molar-refractivity contribution in [3.63, 3.8) is 0 Å². The van der Waals surface area contributed by atoms with Gasteiger partial charge in [0.1, 0.15) is 6.79 Å². The molecular weight excluding hydrogens is 372 g/mol. The van der Waals surface area contributed by atoms with Gasteiger partial charge in [-0.15, -0.1) is 0 Å². The van der Waals surface area contributed by atoms with Crippen LogP contribution in [0.5, 0.6) is 0 Å². The van der Waals surface area contributed by atoms with Crippen molar-refractivity contribution in [1.82, 2.24) is 0 Å². The van der Waals surface area contributed by atoms with Crippen molar-refractivity contribution >= 4 is 5.97 Å². The number of rotatable bonds is 7. The molecule has 0 saturated heterocycles. The number of carboxylic acids is 1. The maximum absolute atomic E-state index is 12.5. The standard InChI is InChI=1S/C23H38O6/c1-27-13-22-9-7-17(29-14-28-2)11-15(22)3-5-18-19(22)8-10-23(21(25)26)16(12-24)4-6-20(18)23/h15-20,24H,3-14H2,1-2H3,(H,25,26)/t15?,16?,17?,18-,19-,20+,22-,23-/m1/s1. The van der Waals surface area contributed by atoms with Crippen LogP contribution in [0.1, 0.15) is 57.8 Å². The summed E-state index contributed by atoms with van der Waals surface area (Å²) in [5.74, 6) is 0.996. The molecule has 4 fully saturated rings. The van der Waals surface area contributed by atoms with Crippen molar-refractivity contribution in [2.24, 2.45) is 40.4 Å². The summed E-state index contributed by atoms with van der Waals surface area (Å²) in [7, 11) is 3.48.